The van der Waals surface area contributed by atoms with Crippen LogP contribution in [-0.4, -0.2) is 22.2 Å². The van der Waals surface area contributed by atoms with E-state index in [0.717, 1.165) is 7.11 Å². The average molecular weight is 192 g/mol. The van der Waals surface area contributed by atoms with E-state index in [9.17, 15) is 13.7 Å². The fourth-order valence-electron chi connectivity index (χ4n) is 0.916. The van der Waals surface area contributed by atoms with Crippen LogP contribution in [0, 0.1) is 11.8 Å². The van der Waals surface area contributed by atoms with Gasteiger partial charge in [-0.15, -0.1) is 0 Å². The van der Waals surface area contributed by atoms with Crippen LogP contribution in [0.4, 0.5) is 14.5 Å². The van der Waals surface area contributed by atoms with Gasteiger partial charge < -0.3 is 0 Å². The Balaban J connectivity index is 3.16. The van der Waals surface area contributed by atoms with E-state index in [1.807, 2.05) is 0 Å². The van der Waals surface area contributed by atoms with Crippen molar-refractivity contribution < 1.29 is 18.5 Å². The fraction of sp³-hybridized carbons (Fsp3) is 0.500. The van der Waals surface area contributed by atoms with Gasteiger partial charge in [0, 0.05) is 0 Å². The highest BCUT2D eigenvalue weighted by atomic mass is 19.3. The van der Waals surface area contributed by atoms with Gasteiger partial charge in [-0.2, -0.15) is 5.10 Å². The Kier molecular flexibility index (Phi) is 2.54. The number of hydrogen-bond donors (Lipinski definition) is 1. The molecule has 0 radical (unpaired) electrons. The number of nitrogens with one attached hydrogen (secondary N) is 1. The molecule has 0 atom stereocenters. The summed E-state index contributed by atoms with van der Waals surface area (Å²) in [6.45, 7) is 1.46. The quantitative estimate of drug-likeness (QED) is 0.740. The molecule has 0 spiro atoms. The third kappa shape index (κ3) is 1.63. The van der Waals surface area contributed by atoms with Crippen LogP contribution in [0.3, 0.4) is 0 Å². The minimum Gasteiger partial charge on any atom is -0.275 e. The van der Waals surface area contributed by atoms with Crippen LogP contribution in [-0.2, 0) is 4.84 Å². The second-order valence-electron chi connectivity index (χ2n) is 2.32. The number of alkyl halides is 2. The van der Waals surface area contributed by atoms with Gasteiger partial charge in [-0.3, -0.25) is 5.10 Å². The summed E-state index contributed by atoms with van der Waals surface area (Å²) in [5.74, 6) is 0. The molecule has 0 aliphatic heterocycles. The van der Waals surface area contributed by atoms with Gasteiger partial charge in [-0.05, 0) is 6.92 Å². The maximum absolute atomic E-state index is 12.2. The van der Waals surface area contributed by atoms with Gasteiger partial charge in [0.1, 0.15) is 5.69 Å². The first-order valence-corrected chi connectivity index (χ1v) is 3.42. The Morgan fingerprint density at radius 3 is 2.69 bits per heavy atom. The molecule has 1 aromatic heterocycles. The summed E-state index contributed by atoms with van der Waals surface area (Å²) in [4.78, 5) is 15.2. The minimum atomic E-state index is -2.80. The van der Waals surface area contributed by atoms with Crippen molar-refractivity contribution in [3.8, 4) is 0 Å². The van der Waals surface area contributed by atoms with Gasteiger partial charge in [0.05, 0.1) is 4.91 Å². The second kappa shape index (κ2) is 3.46. The Bertz CT molecular complexity index is 324. The third-order valence-corrected chi connectivity index (χ3v) is 1.50. The Morgan fingerprint density at radius 2 is 2.23 bits per heavy atom. The number of aromatic nitrogens is 2. The maximum Gasteiger partial charge on any atom is 0.365 e. The van der Waals surface area contributed by atoms with E-state index >= 15 is 0 Å². The highest BCUT2D eigenvalue weighted by Crippen LogP contribution is 2.29. The Labute approximate surface area is 72.2 Å². The summed E-state index contributed by atoms with van der Waals surface area (Å²) in [7, 11) is 1.09. The van der Waals surface area contributed by atoms with Crippen LogP contribution in [0.5, 0.6) is 0 Å². The third-order valence-electron chi connectivity index (χ3n) is 1.50. The molecule has 5 nitrogen and oxygen atoms in total. The van der Waals surface area contributed by atoms with Crippen molar-refractivity contribution in [1.29, 1.82) is 0 Å². The van der Waals surface area contributed by atoms with Gasteiger partial charge in [0.15, 0.2) is 7.11 Å². The molecule has 0 fully saturated rings. The summed E-state index contributed by atoms with van der Waals surface area (Å²) in [6.07, 6.45) is -2.80. The zero-order chi connectivity index (χ0) is 10.0. The SMILES string of the molecule is CO[N+](=O)c1c(C(F)F)n[nH]c1C. The van der Waals surface area contributed by atoms with E-state index in [0.29, 0.717) is 0 Å². The molecule has 7 heteroatoms. The van der Waals surface area contributed by atoms with Gasteiger partial charge in [-0.1, -0.05) is 0 Å². The van der Waals surface area contributed by atoms with Crippen LogP contribution in [0.25, 0.3) is 0 Å². The molecule has 0 aliphatic rings. The van der Waals surface area contributed by atoms with Crippen molar-refractivity contribution in [3.63, 3.8) is 0 Å². The Hall–Kier alpha value is -1.53. The lowest BCUT2D eigenvalue weighted by Crippen LogP contribution is -2.01. The highest BCUT2D eigenvalue weighted by molar-refractivity contribution is 5.39. The predicted octanol–water partition coefficient (Wildman–Crippen LogP) is 1.63. The number of halogens is 2. The fourth-order valence-corrected chi connectivity index (χ4v) is 0.916. The summed E-state index contributed by atoms with van der Waals surface area (Å²) >= 11 is 0. The number of aromatic amines is 1. The number of H-pyrrole nitrogens is 1. The molecular formula is C6H8F2N3O2+. The first kappa shape index (κ1) is 9.56. The number of hydrogen-bond acceptors (Lipinski definition) is 3. The summed E-state index contributed by atoms with van der Waals surface area (Å²) in [6, 6.07) is 0. The highest BCUT2D eigenvalue weighted by Gasteiger charge is 2.32. The number of rotatable bonds is 3. The molecule has 0 unspecified atom stereocenters. The first-order valence-electron chi connectivity index (χ1n) is 3.42. The van der Waals surface area contributed by atoms with Crippen molar-refractivity contribution in [1.82, 2.24) is 10.2 Å². The van der Waals surface area contributed by atoms with E-state index in [1.54, 1.807) is 0 Å². The molecule has 1 heterocycles. The number of nitrogens with zero attached hydrogens (tertiary/aromatic N) is 2. The average Bonchev–Trinajstić information content (AvgIpc) is 2.46. The van der Waals surface area contributed by atoms with E-state index in [1.165, 1.54) is 6.92 Å². The smallest absolute Gasteiger partial charge is 0.275 e. The number of aryl methyl sites for hydroxylation is 1. The maximum atomic E-state index is 12.2. The summed E-state index contributed by atoms with van der Waals surface area (Å²) in [5, 5.41) is 5.57. The molecule has 1 rings (SSSR count). The molecule has 0 aromatic carbocycles. The predicted molar refractivity (Wildman–Crippen MR) is 38.6 cm³/mol. The van der Waals surface area contributed by atoms with Crippen LogP contribution in [0.15, 0.2) is 0 Å². The zero-order valence-electron chi connectivity index (χ0n) is 7.04. The molecule has 0 aliphatic carbocycles. The topological polar surface area (TPSA) is 58.0 Å². The molecule has 1 N–H and O–H groups in total. The lowest BCUT2D eigenvalue weighted by molar-refractivity contribution is -0.737. The van der Waals surface area contributed by atoms with Crippen LogP contribution in [0.2, 0.25) is 0 Å². The van der Waals surface area contributed by atoms with Crippen molar-refractivity contribution in [2.45, 2.75) is 13.3 Å². The molecular weight excluding hydrogens is 184 g/mol. The van der Waals surface area contributed by atoms with Crippen molar-refractivity contribution >= 4 is 5.69 Å². The van der Waals surface area contributed by atoms with E-state index in [-0.39, 0.29) is 16.3 Å². The molecule has 0 amide bonds. The molecule has 0 saturated heterocycles. The summed E-state index contributed by atoms with van der Waals surface area (Å²) in [5.41, 5.74) is -0.626. The van der Waals surface area contributed by atoms with Crippen LogP contribution >= 0.6 is 0 Å². The normalized spacial score (nSPS) is 10.5. The van der Waals surface area contributed by atoms with Gasteiger partial charge in [0.25, 0.3) is 11.3 Å². The van der Waals surface area contributed by atoms with Crippen molar-refractivity contribution in [2.75, 3.05) is 7.11 Å². The molecule has 13 heavy (non-hydrogen) atoms. The Morgan fingerprint density at radius 1 is 1.62 bits per heavy atom. The molecule has 0 bridgehead atoms. The van der Waals surface area contributed by atoms with Crippen LogP contribution < -0.4 is 0 Å². The van der Waals surface area contributed by atoms with Crippen molar-refractivity contribution in [3.05, 3.63) is 16.3 Å². The van der Waals surface area contributed by atoms with E-state index in [4.69, 9.17) is 0 Å². The molecule has 72 valence electrons. The monoisotopic (exact) mass is 192 g/mol. The van der Waals surface area contributed by atoms with E-state index in [2.05, 4.69) is 15.0 Å². The van der Waals surface area contributed by atoms with Gasteiger partial charge >= 0.3 is 5.69 Å². The standard InChI is InChI=1S/C6H8F2N3O2/c1-3-5(11(12)13-2)4(6(7)8)10-9-3/h6H,1-2H3,(H,9,10)/q+1. The minimum absolute atomic E-state index is 0.000324. The summed E-state index contributed by atoms with van der Waals surface area (Å²) < 4.78 is 24.5. The lowest BCUT2D eigenvalue weighted by atomic mass is 10.3. The largest absolute Gasteiger partial charge is 0.365 e. The lowest BCUT2D eigenvalue weighted by Gasteiger charge is -1.90. The van der Waals surface area contributed by atoms with E-state index < -0.39 is 12.1 Å². The van der Waals surface area contributed by atoms with Gasteiger partial charge in [0.2, 0.25) is 5.69 Å². The second-order valence-corrected chi connectivity index (χ2v) is 2.32. The zero-order valence-corrected chi connectivity index (χ0v) is 7.04. The van der Waals surface area contributed by atoms with Crippen molar-refractivity contribution in [2.24, 2.45) is 0 Å². The molecule has 0 saturated carbocycles. The van der Waals surface area contributed by atoms with Crippen LogP contribution in [0.1, 0.15) is 17.8 Å². The first-order chi connectivity index (χ1) is 6.07. The van der Waals surface area contributed by atoms with Gasteiger partial charge in [-0.25, -0.2) is 13.6 Å². The molecule has 1 aromatic rings.